The van der Waals surface area contributed by atoms with Crippen LogP contribution in [0, 0.1) is 36.8 Å². The molecule has 5 heteroatoms. The summed E-state index contributed by atoms with van der Waals surface area (Å²) in [5, 5.41) is 11.4. The van der Waals surface area contributed by atoms with Gasteiger partial charge < -0.3 is 5.32 Å². The van der Waals surface area contributed by atoms with Crippen LogP contribution < -0.4 is 5.32 Å². The van der Waals surface area contributed by atoms with E-state index in [4.69, 9.17) is 5.26 Å². The van der Waals surface area contributed by atoms with Gasteiger partial charge in [-0.15, -0.1) is 0 Å². The van der Waals surface area contributed by atoms with Crippen molar-refractivity contribution in [3.05, 3.63) is 64.2 Å². The zero-order chi connectivity index (χ0) is 15.6. The molecule has 1 amide bonds. The largest absolute Gasteiger partial charge is 0.322 e. The second kappa shape index (κ2) is 5.71. The van der Waals surface area contributed by atoms with Crippen LogP contribution in [0.3, 0.4) is 0 Å². The number of amides is 1. The maximum atomic E-state index is 13.6. The lowest BCUT2D eigenvalue weighted by molar-refractivity contribution is 0.102. The van der Waals surface area contributed by atoms with Gasteiger partial charge in [-0.05, 0) is 49.7 Å². The van der Waals surface area contributed by atoms with Crippen LogP contribution in [0.15, 0.2) is 30.3 Å². The van der Waals surface area contributed by atoms with E-state index < -0.39 is 17.5 Å². The zero-order valence-corrected chi connectivity index (χ0v) is 11.5. The molecule has 0 saturated carbocycles. The second-order valence-corrected chi connectivity index (χ2v) is 4.66. The Hall–Kier alpha value is -2.74. The Kier molecular flexibility index (Phi) is 3.99. The first-order chi connectivity index (χ1) is 9.92. The molecule has 0 heterocycles. The fraction of sp³-hybridized carbons (Fsp3) is 0.125. The average molecular weight is 286 g/mol. The molecule has 0 atom stereocenters. The van der Waals surface area contributed by atoms with E-state index in [0.29, 0.717) is 5.56 Å². The maximum Gasteiger partial charge on any atom is 0.255 e. The third kappa shape index (κ3) is 3.06. The molecular weight excluding hydrogens is 274 g/mol. The molecule has 1 N–H and O–H groups in total. The molecule has 0 aliphatic carbocycles. The standard InChI is InChI=1S/C16H12F2N2O/c1-9-5-12(3-4-13(9)17)16(21)20-15-7-11(8-19)6-14(18)10(15)2/h3-7H,1-2H3,(H,20,21). The number of nitriles is 1. The monoisotopic (exact) mass is 286 g/mol. The highest BCUT2D eigenvalue weighted by Gasteiger charge is 2.12. The number of hydrogen-bond acceptors (Lipinski definition) is 2. The third-order valence-electron chi connectivity index (χ3n) is 3.14. The molecular formula is C16H12F2N2O. The lowest BCUT2D eigenvalue weighted by Crippen LogP contribution is -2.14. The molecule has 106 valence electrons. The van der Waals surface area contributed by atoms with Crippen LogP contribution in [-0.4, -0.2) is 5.91 Å². The van der Waals surface area contributed by atoms with E-state index in [1.165, 1.54) is 31.2 Å². The Balaban J connectivity index is 2.33. The molecule has 0 saturated heterocycles. The summed E-state index contributed by atoms with van der Waals surface area (Å²) in [6, 6.07) is 8.27. The van der Waals surface area contributed by atoms with Crippen LogP contribution in [0.25, 0.3) is 0 Å². The number of rotatable bonds is 2. The third-order valence-corrected chi connectivity index (χ3v) is 3.14. The average Bonchev–Trinajstić information content (AvgIpc) is 2.46. The van der Waals surface area contributed by atoms with Crippen molar-refractivity contribution in [1.29, 1.82) is 5.26 Å². The number of benzene rings is 2. The van der Waals surface area contributed by atoms with Crippen molar-refractivity contribution in [2.75, 3.05) is 5.32 Å². The molecule has 0 bridgehead atoms. The van der Waals surface area contributed by atoms with Crippen molar-refractivity contribution < 1.29 is 13.6 Å². The number of carbonyl (C=O) groups excluding carboxylic acids is 1. The van der Waals surface area contributed by atoms with Crippen LogP contribution in [0.1, 0.15) is 27.0 Å². The fourth-order valence-electron chi connectivity index (χ4n) is 1.85. The lowest BCUT2D eigenvalue weighted by atomic mass is 10.1. The smallest absolute Gasteiger partial charge is 0.255 e. The summed E-state index contributed by atoms with van der Waals surface area (Å²) in [6.45, 7) is 3.05. The first kappa shape index (κ1) is 14.7. The molecule has 0 radical (unpaired) electrons. The highest BCUT2D eigenvalue weighted by atomic mass is 19.1. The number of halogens is 2. The normalized spacial score (nSPS) is 10.0. The van der Waals surface area contributed by atoms with E-state index in [2.05, 4.69) is 5.32 Å². The molecule has 0 aliphatic heterocycles. The minimum atomic E-state index is -0.570. The van der Waals surface area contributed by atoms with Gasteiger partial charge in [0, 0.05) is 16.8 Å². The number of nitrogens with zero attached hydrogens (tertiary/aromatic N) is 1. The van der Waals surface area contributed by atoms with Crippen LogP contribution in [0.2, 0.25) is 0 Å². The van der Waals surface area contributed by atoms with E-state index in [9.17, 15) is 13.6 Å². The molecule has 0 spiro atoms. The minimum absolute atomic E-state index is 0.115. The highest BCUT2D eigenvalue weighted by Crippen LogP contribution is 2.21. The Morgan fingerprint density at radius 2 is 1.86 bits per heavy atom. The summed E-state index contributed by atoms with van der Waals surface area (Å²) in [4.78, 5) is 12.1. The minimum Gasteiger partial charge on any atom is -0.322 e. The summed E-state index contributed by atoms with van der Waals surface area (Å²) in [5.41, 5.74) is 1.18. The molecule has 2 aromatic rings. The zero-order valence-electron chi connectivity index (χ0n) is 11.5. The number of carbonyl (C=O) groups is 1. The Morgan fingerprint density at radius 3 is 2.48 bits per heavy atom. The van der Waals surface area contributed by atoms with Gasteiger partial charge in [-0.2, -0.15) is 5.26 Å². The predicted molar refractivity (Wildman–Crippen MR) is 74.9 cm³/mol. The molecule has 0 unspecified atom stereocenters. The molecule has 0 aliphatic rings. The SMILES string of the molecule is Cc1cc(C(=O)Nc2cc(C#N)cc(F)c2C)ccc1F. The van der Waals surface area contributed by atoms with Crippen molar-refractivity contribution in [2.24, 2.45) is 0 Å². The van der Waals surface area contributed by atoms with E-state index in [0.717, 1.165) is 6.07 Å². The first-order valence-corrected chi connectivity index (χ1v) is 6.20. The molecule has 3 nitrogen and oxygen atoms in total. The molecule has 2 aromatic carbocycles. The van der Waals surface area contributed by atoms with Gasteiger partial charge in [-0.3, -0.25) is 4.79 Å². The first-order valence-electron chi connectivity index (χ1n) is 6.20. The van der Waals surface area contributed by atoms with Crippen LogP contribution in [0.5, 0.6) is 0 Å². The van der Waals surface area contributed by atoms with Gasteiger partial charge in [0.1, 0.15) is 11.6 Å². The molecule has 21 heavy (non-hydrogen) atoms. The Morgan fingerprint density at radius 1 is 1.14 bits per heavy atom. The summed E-state index contributed by atoms with van der Waals surface area (Å²) in [5.74, 6) is -1.46. The quantitative estimate of drug-likeness (QED) is 0.915. The lowest BCUT2D eigenvalue weighted by Gasteiger charge is -2.10. The van der Waals surface area contributed by atoms with E-state index in [1.54, 1.807) is 6.92 Å². The van der Waals surface area contributed by atoms with Gasteiger partial charge >= 0.3 is 0 Å². The van der Waals surface area contributed by atoms with Crippen molar-refractivity contribution >= 4 is 11.6 Å². The predicted octanol–water partition coefficient (Wildman–Crippen LogP) is 3.71. The number of aryl methyl sites for hydroxylation is 1. The number of nitrogens with one attached hydrogen (secondary N) is 1. The maximum absolute atomic E-state index is 13.6. The summed E-state index contributed by atoms with van der Waals surface area (Å²) < 4.78 is 26.8. The van der Waals surface area contributed by atoms with Gasteiger partial charge in [0.15, 0.2) is 0 Å². The molecule has 2 rings (SSSR count). The Labute approximate surface area is 120 Å². The van der Waals surface area contributed by atoms with Gasteiger partial charge in [-0.25, -0.2) is 8.78 Å². The number of anilines is 1. The van der Waals surface area contributed by atoms with E-state index in [1.807, 2.05) is 6.07 Å². The summed E-state index contributed by atoms with van der Waals surface area (Å²) in [6.07, 6.45) is 0. The van der Waals surface area contributed by atoms with E-state index >= 15 is 0 Å². The van der Waals surface area contributed by atoms with Crippen molar-refractivity contribution in [3.8, 4) is 6.07 Å². The van der Waals surface area contributed by atoms with Crippen molar-refractivity contribution in [2.45, 2.75) is 13.8 Å². The summed E-state index contributed by atoms with van der Waals surface area (Å²) in [7, 11) is 0. The molecule has 0 aromatic heterocycles. The molecule has 0 fully saturated rings. The van der Waals surface area contributed by atoms with Gasteiger partial charge in [-0.1, -0.05) is 0 Å². The topological polar surface area (TPSA) is 52.9 Å². The fourth-order valence-corrected chi connectivity index (χ4v) is 1.85. The van der Waals surface area contributed by atoms with Gasteiger partial charge in [0.2, 0.25) is 0 Å². The highest BCUT2D eigenvalue weighted by molar-refractivity contribution is 6.04. The van der Waals surface area contributed by atoms with Crippen molar-refractivity contribution in [3.63, 3.8) is 0 Å². The van der Waals surface area contributed by atoms with Crippen LogP contribution in [-0.2, 0) is 0 Å². The number of hydrogen-bond donors (Lipinski definition) is 1. The second-order valence-electron chi connectivity index (χ2n) is 4.66. The van der Waals surface area contributed by atoms with Crippen LogP contribution >= 0.6 is 0 Å². The van der Waals surface area contributed by atoms with Crippen molar-refractivity contribution in [1.82, 2.24) is 0 Å². The van der Waals surface area contributed by atoms with E-state index in [-0.39, 0.29) is 22.4 Å². The summed E-state index contributed by atoms with van der Waals surface area (Å²) >= 11 is 0. The Bertz CT molecular complexity index is 764. The van der Waals surface area contributed by atoms with Gasteiger partial charge in [0.05, 0.1) is 11.6 Å². The van der Waals surface area contributed by atoms with Gasteiger partial charge in [0.25, 0.3) is 5.91 Å². The van der Waals surface area contributed by atoms with Crippen LogP contribution in [0.4, 0.5) is 14.5 Å².